The summed E-state index contributed by atoms with van der Waals surface area (Å²) in [6.45, 7) is 8.05. The van der Waals surface area contributed by atoms with Crippen molar-refractivity contribution >= 4 is 16.8 Å². The molecule has 4 rings (SSSR count). The first kappa shape index (κ1) is 20.8. The molecule has 0 bridgehead atoms. The molecule has 3 heterocycles. The Morgan fingerprint density at radius 1 is 1.10 bits per heavy atom. The van der Waals surface area contributed by atoms with E-state index in [0.29, 0.717) is 5.56 Å². The van der Waals surface area contributed by atoms with Gasteiger partial charge in [-0.05, 0) is 51.8 Å². The molecule has 0 fully saturated rings. The third kappa shape index (κ3) is 3.95. The normalized spacial score (nSPS) is 12.3. The number of rotatable bonds is 5. The SMILES string of the molecule is Cc1nn(C)cc1-c1cc(C(=O)NC(C)Cc2c(C)nn(C)c2C)c2ccccc2n1. The first-order valence-electron chi connectivity index (χ1n) is 10.4. The van der Waals surface area contributed by atoms with Crippen LogP contribution in [0.1, 0.15) is 39.9 Å². The second-order valence-electron chi connectivity index (χ2n) is 8.23. The van der Waals surface area contributed by atoms with Crippen LogP contribution in [-0.4, -0.2) is 36.5 Å². The standard InChI is InChI=1S/C24H28N6O/c1-14(11-19-15(2)28-30(6)17(19)4)25-24(31)20-12-23(21-13-29(5)27-16(21)3)26-22-10-8-7-9-18(20)22/h7-10,12-14H,11H2,1-6H3,(H,25,31). The van der Waals surface area contributed by atoms with Crippen molar-refractivity contribution in [3.63, 3.8) is 0 Å². The van der Waals surface area contributed by atoms with E-state index in [4.69, 9.17) is 4.98 Å². The average molecular weight is 417 g/mol. The van der Waals surface area contributed by atoms with Crippen molar-refractivity contribution in [2.75, 3.05) is 0 Å². The number of nitrogens with zero attached hydrogens (tertiary/aromatic N) is 5. The molecule has 1 aromatic carbocycles. The largest absolute Gasteiger partial charge is 0.349 e. The van der Waals surface area contributed by atoms with Crippen LogP contribution >= 0.6 is 0 Å². The van der Waals surface area contributed by atoms with Crippen LogP contribution in [-0.2, 0) is 20.5 Å². The highest BCUT2D eigenvalue weighted by Gasteiger charge is 2.19. The van der Waals surface area contributed by atoms with E-state index in [9.17, 15) is 4.79 Å². The predicted octanol–water partition coefficient (Wildman–Crippen LogP) is 3.66. The molecule has 0 aliphatic heterocycles. The van der Waals surface area contributed by atoms with E-state index in [1.165, 1.54) is 5.56 Å². The van der Waals surface area contributed by atoms with Crippen LogP contribution in [0.25, 0.3) is 22.2 Å². The molecule has 160 valence electrons. The molecule has 0 aliphatic carbocycles. The molecule has 7 heteroatoms. The van der Waals surface area contributed by atoms with E-state index >= 15 is 0 Å². The maximum absolute atomic E-state index is 13.3. The molecule has 0 saturated heterocycles. The lowest BCUT2D eigenvalue weighted by Crippen LogP contribution is -2.34. The summed E-state index contributed by atoms with van der Waals surface area (Å²) < 4.78 is 3.65. The highest BCUT2D eigenvalue weighted by atomic mass is 16.1. The van der Waals surface area contributed by atoms with Crippen LogP contribution in [0, 0.1) is 20.8 Å². The van der Waals surface area contributed by atoms with Crippen LogP contribution in [0.3, 0.4) is 0 Å². The number of hydrogen-bond donors (Lipinski definition) is 1. The molecule has 31 heavy (non-hydrogen) atoms. The summed E-state index contributed by atoms with van der Waals surface area (Å²) in [7, 11) is 3.83. The maximum atomic E-state index is 13.3. The number of carbonyl (C=O) groups is 1. The molecular weight excluding hydrogens is 388 g/mol. The number of benzene rings is 1. The minimum atomic E-state index is -0.104. The van der Waals surface area contributed by atoms with E-state index in [1.807, 2.05) is 76.1 Å². The number of nitrogens with one attached hydrogen (secondary N) is 1. The summed E-state index contributed by atoms with van der Waals surface area (Å²) in [6, 6.07) is 9.58. The quantitative estimate of drug-likeness (QED) is 0.539. The molecule has 1 amide bonds. The molecule has 0 radical (unpaired) electrons. The third-order valence-electron chi connectivity index (χ3n) is 5.80. The lowest BCUT2D eigenvalue weighted by atomic mass is 10.0. The van der Waals surface area contributed by atoms with Gasteiger partial charge in [0.2, 0.25) is 0 Å². The first-order chi connectivity index (χ1) is 14.7. The molecule has 0 aliphatic rings. The predicted molar refractivity (Wildman–Crippen MR) is 122 cm³/mol. The van der Waals surface area contributed by atoms with Gasteiger partial charge in [0.05, 0.1) is 28.2 Å². The molecule has 1 unspecified atom stereocenters. The smallest absolute Gasteiger partial charge is 0.252 e. The molecule has 7 nitrogen and oxygen atoms in total. The minimum absolute atomic E-state index is 0.0374. The van der Waals surface area contributed by atoms with Gasteiger partial charge in [-0.1, -0.05) is 18.2 Å². The van der Waals surface area contributed by atoms with Gasteiger partial charge in [-0.25, -0.2) is 4.98 Å². The Bertz CT molecular complexity index is 1280. The number of pyridine rings is 1. The van der Waals surface area contributed by atoms with Crippen LogP contribution in [0.2, 0.25) is 0 Å². The van der Waals surface area contributed by atoms with Gasteiger partial charge in [-0.3, -0.25) is 14.2 Å². The Balaban J connectivity index is 1.67. The monoisotopic (exact) mass is 416 g/mol. The number of carbonyl (C=O) groups excluding carboxylic acids is 1. The van der Waals surface area contributed by atoms with Crippen molar-refractivity contribution in [3.8, 4) is 11.3 Å². The highest BCUT2D eigenvalue weighted by molar-refractivity contribution is 6.07. The molecule has 3 aromatic heterocycles. The zero-order valence-electron chi connectivity index (χ0n) is 18.9. The van der Waals surface area contributed by atoms with Crippen molar-refractivity contribution in [1.82, 2.24) is 29.9 Å². The zero-order valence-corrected chi connectivity index (χ0v) is 18.9. The van der Waals surface area contributed by atoms with Gasteiger partial charge in [0.15, 0.2) is 0 Å². The fraction of sp³-hybridized carbons (Fsp3) is 0.333. The number of hydrogen-bond acceptors (Lipinski definition) is 4. The highest BCUT2D eigenvalue weighted by Crippen LogP contribution is 2.26. The number of para-hydroxylation sites is 1. The summed E-state index contributed by atoms with van der Waals surface area (Å²) in [5, 5.41) is 12.9. The molecule has 0 spiro atoms. The summed E-state index contributed by atoms with van der Waals surface area (Å²) in [4.78, 5) is 18.1. The lowest BCUT2D eigenvalue weighted by molar-refractivity contribution is 0.0941. The van der Waals surface area contributed by atoms with Crippen molar-refractivity contribution in [2.45, 2.75) is 40.2 Å². The van der Waals surface area contributed by atoms with E-state index in [2.05, 4.69) is 22.4 Å². The van der Waals surface area contributed by atoms with Crippen LogP contribution in [0.15, 0.2) is 36.5 Å². The second kappa shape index (κ2) is 7.98. The fourth-order valence-electron chi connectivity index (χ4n) is 4.12. The maximum Gasteiger partial charge on any atom is 0.252 e. The first-order valence-corrected chi connectivity index (χ1v) is 10.4. The number of amides is 1. The fourth-order valence-corrected chi connectivity index (χ4v) is 4.12. The van der Waals surface area contributed by atoms with Crippen LogP contribution in [0.4, 0.5) is 0 Å². The Kier molecular flexibility index (Phi) is 5.35. The number of aryl methyl sites for hydroxylation is 4. The topological polar surface area (TPSA) is 77.6 Å². The third-order valence-corrected chi connectivity index (χ3v) is 5.80. The van der Waals surface area contributed by atoms with E-state index < -0.39 is 0 Å². The van der Waals surface area contributed by atoms with Gasteiger partial charge in [0.25, 0.3) is 5.91 Å². The average Bonchev–Trinajstić information content (AvgIpc) is 3.19. The Morgan fingerprint density at radius 2 is 1.84 bits per heavy atom. The van der Waals surface area contributed by atoms with E-state index in [0.717, 1.165) is 45.7 Å². The van der Waals surface area contributed by atoms with Crippen molar-refractivity contribution in [2.24, 2.45) is 14.1 Å². The second-order valence-corrected chi connectivity index (χ2v) is 8.23. The van der Waals surface area contributed by atoms with Crippen molar-refractivity contribution < 1.29 is 4.79 Å². The van der Waals surface area contributed by atoms with Crippen molar-refractivity contribution in [3.05, 3.63) is 64.7 Å². The Morgan fingerprint density at radius 3 is 2.48 bits per heavy atom. The van der Waals surface area contributed by atoms with Gasteiger partial charge < -0.3 is 5.32 Å². The van der Waals surface area contributed by atoms with Gasteiger partial charge in [-0.2, -0.15) is 10.2 Å². The van der Waals surface area contributed by atoms with Crippen molar-refractivity contribution in [1.29, 1.82) is 0 Å². The summed E-state index contributed by atoms with van der Waals surface area (Å²) in [5.41, 5.74) is 7.29. The van der Waals surface area contributed by atoms with E-state index in [-0.39, 0.29) is 11.9 Å². The summed E-state index contributed by atoms with van der Waals surface area (Å²) in [5.74, 6) is -0.104. The Labute approximate surface area is 182 Å². The summed E-state index contributed by atoms with van der Waals surface area (Å²) >= 11 is 0. The molecular formula is C24H28N6O. The van der Waals surface area contributed by atoms with Crippen LogP contribution in [0.5, 0.6) is 0 Å². The summed E-state index contributed by atoms with van der Waals surface area (Å²) in [6.07, 6.45) is 2.67. The zero-order chi connectivity index (χ0) is 22.3. The van der Waals surface area contributed by atoms with Gasteiger partial charge in [-0.15, -0.1) is 0 Å². The van der Waals surface area contributed by atoms with Gasteiger partial charge >= 0.3 is 0 Å². The van der Waals surface area contributed by atoms with E-state index in [1.54, 1.807) is 4.68 Å². The van der Waals surface area contributed by atoms with Gasteiger partial charge in [0, 0.05) is 43.0 Å². The van der Waals surface area contributed by atoms with Gasteiger partial charge in [0.1, 0.15) is 0 Å². The Hall–Kier alpha value is -3.48. The molecule has 4 aromatic rings. The molecule has 0 saturated carbocycles. The van der Waals surface area contributed by atoms with Crippen LogP contribution < -0.4 is 5.32 Å². The number of fused-ring (bicyclic) bond motifs is 1. The molecule has 1 N–H and O–H groups in total. The minimum Gasteiger partial charge on any atom is -0.349 e. The number of aromatic nitrogens is 5. The lowest BCUT2D eigenvalue weighted by Gasteiger charge is -2.16. The molecule has 1 atom stereocenters.